The lowest BCUT2D eigenvalue weighted by molar-refractivity contribution is -0.154. The monoisotopic (exact) mass is 304 g/mol. The molecule has 1 fully saturated rings. The van der Waals surface area contributed by atoms with Crippen molar-refractivity contribution >= 4 is 29.0 Å². The van der Waals surface area contributed by atoms with Crippen LogP contribution in [-0.4, -0.2) is 31.9 Å². The summed E-state index contributed by atoms with van der Waals surface area (Å²) in [5.41, 5.74) is 0.846. The first-order chi connectivity index (χ1) is 9.10. The highest BCUT2D eigenvalue weighted by molar-refractivity contribution is 6.35. The van der Waals surface area contributed by atoms with E-state index in [1.165, 1.54) is 7.11 Å². The molecule has 0 amide bonds. The number of carbonyl (C=O) groups excluding carboxylic acids is 1. The van der Waals surface area contributed by atoms with Gasteiger partial charge in [0.1, 0.15) is 0 Å². The van der Waals surface area contributed by atoms with Gasteiger partial charge in [-0.05, 0) is 17.7 Å². The molecule has 0 spiro atoms. The Kier molecular flexibility index (Phi) is 5.19. The first kappa shape index (κ1) is 14.8. The zero-order valence-corrected chi connectivity index (χ0v) is 11.9. The smallest absolute Gasteiger partial charge is 0.217 e. The zero-order chi connectivity index (χ0) is 13.8. The van der Waals surface area contributed by atoms with Crippen molar-refractivity contribution in [2.75, 3.05) is 13.7 Å². The van der Waals surface area contributed by atoms with Crippen molar-refractivity contribution in [3.63, 3.8) is 0 Å². The van der Waals surface area contributed by atoms with E-state index in [1.807, 2.05) is 6.07 Å². The molecule has 1 heterocycles. The maximum Gasteiger partial charge on any atom is 0.217 e. The molecule has 1 aliphatic heterocycles. The van der Waals surface area contributed by atoms with Crippen molar-refractivity contribution in [2.24, 2.45) is 0 Å². The predicted molar refractivity (Wildman–Crippen MR) is 71.4 cm³/mol. The third-order valence-electron chi connectivity index (χ3n) is 2.80. The Morgan fingerprint density at radius 1 is 1.42 bits per heavy atom. The van der Waals surface area contributed by atoms with Gasteiger partial charge in [-0.2, -0.15) is 0 Å². The van der Waals surface area contributed by atoms with Gasteiger partial charge in [-0.25, -0.2) is 0 Å². The highest BCUT2D eigenvalue weighted by Crippen LogP contribution is 2.22. The first-order valence-electron chi connectivity index (χ1n) is 5.83. The van der Waals surface area contributed by atoms with Gasteiger partial charge in [0.05, 0.1) is 19.3 Å². The van der Waals surface area contributed by atoms with Crippen LogP contribution in [0.25, 0.3) is 0 Å². The molecule has 2 unspecified atom stereocenters. The van der Waals surface area contributed by atoms with Gasteiger partial charge >= 0.3 is 0 Å². The van der Waals surface area contributed by atoms with Crippen molar-refractivity contribution in [3.8, 4) is 0 Å². The average Bonchev–Trinajstić information content (AvgIpc) is 2.72. The van der Waals surface area contributed by atoms with Crippen LogP contribution in [0, 0.1) is 0 Å². The minimum Gasteiger partial charge on any atom is -0.374 e. The largest absolute Gasteiger partial charge is 0.374 e. The summed E-state index contributed by atoms with van der Waals surface area (Å²) in [4.78, 5) is 11.4. The summed E-state index contributed by atoms with van der Waals surface area (Å²) in [6, 6.07) is 5.23. The highest BCUT2D eigenvalue weighted by Gasteiger charge is 2.33. The fourth-order valence-electron chi connectivity index (χ4n) is 1.84. The predicted octanol–water partition coefficient (Wildman–Crippen LogP) is 2.84. The summed E-state index contributed by atoms with van der Waals surface area (Å²) in [7, 11) is 1.44. The standard InChI is InChI=1S/C13H14Cl2O4/c1-17-13-12(16)5-10(19-13)7-18-6-8-2-3-9(14)4-11(8)15/h2-4,10,13H,5-7H2,1H3. The second-order valence-corrected chi connectivity index (χ2v) is 5.09. The van der Waals surface area contributed by atoms with Crippen LogP contribution in [0.15, 0.2) is 18.2 Å². The molecule has 19 heavy (non-hydrogen) atoms. The van der Waals surface area contributed by atoms with Crippen LogP contribution in [0.5, 0.6) is 0 Å². The van der Waals surface area contributed by atoms with Gasteiger partial charge in [-0.15, -0.1) is 0 Å². The van der Waals surface area contributed by atoms with Crippen LogP contribution < -0.4 is 0 Å². The molecule has 2 rings (SSSR count). The second-order valence-electron chi connectivity index (χ2n) is 4.25. The van der Waals surface area contributed by atoms with Gasteiger partial charge in [0, 0.05) is 23.6 Å². The maximum absolute atomic E-state index is 11.4. The van der Waals surface area contributed by atoms with E-state index in [0.29, 0.717) is 29.7 Å². The Balaban J connectivity index is 1.79. The van der Waals surface area contributed by atoms with Crippen molar-refractivity contribution in [1.29, 1.82) is 0 Å². The molecule has 1 aromatic carbocycles. The fraction of sp³-hybridized carbons (Fsp3) is 0.462. The number of carbonyl (C=O) groups is 1. The van der Waals surface area contributed by atoms with E-state index in [4.69, 9.17) is 37.4 Å². The van der Waals surface area contributed by atoms with Crippen LogP contribution >= 0.6 is 23.2 Å². The van der Waals surface area contributed by atoms with Gasteiger partial charge < -0.3 is 14.2 Å². The number of hydrogen-bond donors (Lipinski definition) is 0. The summed E-state index contributed by atoms with van der Waals surface area (Å²) < 4.78 is 15.8. The molecule has 0 radical (unpaired) electrons. The summed E-state index contributed by atoms with van der Waals surface area (Å²) in [6.45, 7) is 0.673. The zero-order valence-electron chi connectivity index (χ0n) is 10.4. The van der Waals surface area contributed by atoms with Gasteiger partial charge in [-0.3, -0.25) is 4.79 Å². The first-order valence-corrected chi connectivity index (χ1v) is 6.58. The van der Waals surface area contributed by atoms with Gasteiger partial charge in [0.15, 0.2) is 5.78 Å². The Hall–Kier alpha value is -0.650. The number of ether oxygens (including phenoxy) is 3. The van der Waals surface area contributed by atoms with E-state index in [0.717, 1.165) is 5.56 Å². The Morgan fingerprint density at radius 2 is 2.21 bits per heavy atom. The van der Waals surface area contributed by atoms with Gasteiger partial charge in [-0.1, -0.05) is 29.3 Å². The number of methoxy groups -OCH3 is 1. The minimum absolute atomic E-state index is 0.0550. The van der Waals surface area contributed by atoms with Crippen LogP contribution in [-0.2, 0) is 25.6 Å². The van der Waals surface area contributed by atoms with E-state index in [-0.39, 0.29) is 11.9 Å². The van der Waals surface area contributed by atoms with E-state index in [1.54, 1.807) is 12.1 Å². The normalized spacial score (nSPS) is 23.0. The minimum atomic E-state index is -0.757. The molecule has 0 bridgehead atoms. The maximum atomic E-state index is 11.4. The molecule has 104 valence electrons. The molecule has 0 saturated carbocycles. The van der Waals surface area contributed by atoms with Crippen molar-refractivity contribution in [1.82, 2.24) is 0 Å². The van der Waals surface area contributed by atoms with Gasteiger partial charge in [0.2, 0.25) is 6.29 Å². The molecular formula is C13H14Cl2O4. The van der Waals surface area contributed by atoms with E-state index >= 15 is 0 Å². The molecule has 6 heteroatoms. The molecular weight excluding hydrogens is 291 g/mol. The van der Waals surface area contributed by atoms with E-state index in [2.05, 4.69) is 0 Å². The lowest BCUT2D eigenvalue weighted by Crippen LogP contribution is -2.19. The second kappa shape index (κ2) is 6.68. The Labute approximate surface area is 121 Å². The number of ketones is 1. The molecule has 0 N–H and O–H groups in total. The van der Waals surface area contributed by atoms with Crippen LogP contribution in [0.3, 0.4) is 0 Å². The van der Waals surface area contributed by atoms with Crippen LogP contribution in [0.2, 0.25) is 10.0 Å². The Bertz CT molecular complexity index is 464. The van der Waals surface area contributed by atoms with Crippen molar-refractivity contribution in [3.05, 3.63) is 33.8 Å². The highest BCUT2D eigenvalue weighted by atomic mass is 35.5. The number of benzene rings is 1. The Morgan fingerprint density at radius 3 is 2.84 bits per heavy atom. The van der Waals surface area contributed by atoms with Crippen LogP contribution in [0.4, 0.5) is 0 Å². The van der Waals surface area contributed by atoms with Crippen molar-refractivity contribution in [2.45, 2.75) is 25.4 Å². The number of Topliss-reactive ketones (excluding diaryl/α,β-unsaturated/α-hetero) is 1. The number of halogens is 2. The quantitative estimate of drug-likeness (QED) is 0.839. The molecule has 2 atom stereocenters. The lowest BCUT2D eigenvalue weighted by Gasteiger charge is -2.12. The van der Waals surface area contributed by atoms with Crippen molar-refractivity contribution < 1.29 is 19.0 Å². The molecule has 1 aromatic rings. The number of rotatable bonds is 5. The summed E-state index contributed by atoms with van der Waals surface area (Å²) >= 11 is 11.8. The topological polar surface area (TPSA) is 44.8 Å². The molecule has 0 aromatic heterocycles. The summed E-state index contributed by atoms with van der Waals surface area (Å²) in [5.74, 6) is -0.0550. The third-order valence-corrected chi connectivity index (χ3v) is 3.39. The molecule has 4 nitrogen and oxygen atoms in total. The van der Waals surface area contributed by atoms with Crippen LogP contribution in [0.1, 0.15) is 12.0 Å². The third kappa shape index (κ3) is 3.91. The molecule has 0 aliphatic carbocycles. The average molecular weight is 305 g/mol. The number of hydrogen-bond acceptors (Lipinski definition) is 4. The SMILES string of the molecule is COC1OC(COCc2ccc(Cl)cc2Cl)CC1=O. The lowest BCUT2D eigenvalue weighted by atomic mass is 10.2. The molecule has 1 aliphatic rings. The van der Waals surface area contributed by atoms with E-state index in [9.17, 15) is 4.79 Å². The summed E-state index contributed by atoms with van der Waals surface area (Å²) in [5, 5.41) is 1.15. The summed E-state index contributed by atoms with van der Waals surface area (Å²) in [6.07, 6.45) is -0.705. The molecule has 1 saturated heterocycles. The van der Waals surface area contributed by atoms with Gasteiger partial charge in [0.25, 0.3) is 0 Å². The van der Waals surface area contributed by atoms with E-state index < -0.39 is 6.29 Å². The fourth-order valence-corrected chi connectivity index (χ4v) is 2.31.